The van der Waals surface area contributed by atoms with E-state index >= 15 is 0 Å². The molecule has 3 N–H and O–H groups in total. The Bertz CT molecular complexity index is 455. The van der Waals surface area contributed by atoms with Crippen LogP contribution in [0, 0.1) is 0 Å². The first-order valence-corrected chi connectivity index (χ1v) is 5.77. The molecule has 0 spiro atoms. The van der Waals surface area contributed by atoms with Gasteiger partial charge in [0, 0.05) is 5.69 Å². The Hall–Kier alpha value is -2.04. The minimum Gasteiger partial charge on any atom is -0.480 e. The maximum absolute atomic E-state index is 11.7. The highest BCUT2D eigenvalue weighted by Gasteiger charge is 2.28. The highest BCUT2D eigenvalue weighted by atomic mass is 16.4. The van der Waals surface area contributed by atoms with Crippen molar-refractivity contribution in [1.82, 2.24) is 5.32 Å². The van der Waals surface area contributed by atoms with Gasteiger partial charge in [-0.2, -0.15) is 0 Å². The number of carboxylic acid groups (broad SMARTS) is 1. The predicted octanol–water partition coefficient (Wildman–Crippen LogP) is 2.23. The lowest BCUT2D eigenvalue weighted by molar-refractivity contribution is -0.142. The number of rotatable bonds is 4. The summed E-state index contributed by atoms with van der Waals surface area (Å²) in [7, 11) is 0. The van der Waals surface area contributed by atoms with E-state index in [2.05, 4.69) is 10.6 Å². The average molecular weight is 250 g/mol. The number of aryl methyl sites for hydroxylation is 1. The fourth-order valence-corrected chi connectivity index (χ4v) is 1.44. The molecular weight excluding hydrogens is 232 g/mol. The maximum Gasteiger partial charge on any atom is 0.328 e. The number of carbonyl (C=O) groups is 2. The first-order valence-electron chi connectivity index (χ1n) is 5.77. The summed E-state index contributed by atoms with van der Waals surface area (Å²) in [5.74, 6) is -1.08. The van der Waals surface area contributed by atoms with Crippen LogP contribution >= 0.6 is 0 Å². The van der Waals surface area contributed by atoms with E-state index in [0.29, 0.717) is 5.69 Å². The third-order valence-electron chi connectivity index (χ3n) is 2.61. The summed E-state index contributed by atoms with van der Waals surface area (Å²) in [6.07, 6.45) is 0.790. The van der Waals surface area contributed by atoms with Gasteiger partial charge in [0.15, 0.2) is 0 Å². The molecule has 0 fully saturated rings. The van der Waals surface area contributed by atoms with E-state index < -0.39 is 17.5 Å². The van der Waals surface area contributed by atoms with Crippen molar-refractivity contribution in [2.24, 2.45) is 0 Å². The van der Waals surface area contributed by atoms with Crippen LogP contribution in [-0.2, 0) is 11.2 Å². The fourth-order valence-electron chi connectivity index (χ4n) is 1.44. The van der Waals surface area contributed by atoms with Crippen molar-refractivity contribution in [3.8, 4) is 0 Å². The van der Waals surface area contributed by atoms with E-state index in [-0.39, 0.29) is 0 Å². The van der Waals surface area contributed by atoms with E-state index in [0.717, 1.165) is 12.0 Å². The molecule has 0 heterocycles. The molecule has 5 nitrogen and oxygen atoms in total. The number of amides is 2. The van der Waals surface area contributed by atoms with Crippen LogP contribution in [0.25, 0.3) is 0 Å². The zero-order chi connectivity index (χ0) is 13.8. The number of anilines is 1. The Labute approximate surface area is 106 Å². The van der Waals surface area contributed by atoms with Crippen molar-refractivity contribution >= 4 is 17.7 Å². The summed E-state index contributed by atoms with van der Waals surface area (Å²) in [6, 6.07) is 6.88. The van der Waals surface area contributed by atoms with Gasteiger partial charge in [0.05, 0.1) is 0 Å². The summed E-state index contributed by atoms with van der Waals surface area (Å²) in [6.45, 7) is 4.85. The number of nitrogens with one attached hydrogen (secondary N) is 2. The molecule has 0 bridgehead atoms. The topological polar surface area (TPSA) is 78.4 Å². The van der Waals surface area contributed by atoms with E-state index in [1.165, 1.54) is 13.8 Å². The average Bonchev–Trinajstić information content (AvgIpc) is 2.28. The number of urea groups is 1. The molecule has 1 aromatic carbocycles. The number of hydrogen-bond donors (Lipinski definition) is 3. The first kappa shape index (κ1) is 14.0. The summed E-state index contributed by atoms with van der Waals surface area (Å²) in [5.41, 5.74) is 0.394. The largest absolute Gasteiger partial charge is 0.480 e. The summed E-state index contributed by atoms with van der Waals surface area (Å²) >= 11 is 0. The second kappa shape index (κ2) is 5.53. The molecule has 1 aromatic rings. The molecule has 2 amide bonds. The highest BCUT2D eigenvalue weighted by Crippen LogP contribution is 2.15. The zero-order valence-corrected chi connectivity index (χ0v) is 10.8. The summed E-state index contributed by atoms with van der Waals surface area (Å²) < 4.78 is 0. The number of aliphatic carboxylic acids is 1. The van der Waals surface area contributed by atoms with Crippen LogP contribution in [0.1, 0.15) is 26.3 Å². The van der Waals surface area contributed by atoms with Gasteiger partial charge in [0.25, 0.3) is 0 Å². The zero-order valence-electron chi connectivity index (χ0n) is 10.8. The molecule has 0 aromatic heterocycles. The summed E-state index contributed by atoms with van der Waals surface area (Å²) in [5, 5.41) is 14.0. The molecule has 18 heavy (non-hydrogen) atoms. The SMILES string of the molecule is CCc1ccccc1NC(=O)NC(C)(C)C(=O)O. The van der Waals surface area contributed by atoms with Gasteiger partial charge in [-0.1, -0.05) is 25.1 Å². The predicted molar refractivity (Wildman–Crippen MR) is 69.7 cm³/mol. The molecular formula is C13H18N2O3. The van der Waals surface area contributed by atoms with Crippen molar-refractivity contribution in [3.05, 3.63) is 29.8 Å². The van der Waals surface area contributed by atoms with Crippen molar-refractivity contribution < 1.29 is 14.7 Å². The standard InChI is InChI=1S/C13H18N2O3/c1-4-9-7-5-6-8-10(9)14-12(18)15-13(2,3)11(16)17/h5-8H,4H2,1-3H3,(H,16,17)(H2,14,15,18). The van der Waals surface area contributed by atoms with Crippen LogP contribution in [0.15, 0.2) is 24.3 Å². The molecule has 5 heteroatoms. The molecule has 0 atom stereocenters. The first-order chi connectivity index (χ1) is 8.36. The van der Waals surface area contributed by atoms with Crippen LogP contribution in [-0.4, -0.2) is 22.6 Å². The number of carbonyl (C=O) groups excluding carboxylic acids is 1. The lowest BCUT2D eigenvalue weighted by atomic mass is 10.1. The van der Waals surface area contributed by atoms with Gasteiger partial charge in [-0.25, -0.2) is 9.59 Å². The third kappa shape index (κ3) is 3.48. The second-order valence-electron chi connectivity index (χ2n) is 4.52. The van der Waals surface area contributed by atoms with Crippen molar-refractivity contribution in [2.45, 2.75) is 32.7 Å². The van der Waals surface area contributed by atoms with E-state index in [1.807, 2.05) is 25.1 Å². The van der Waals surface area contributed by atoms with Crippen LogP contribution < -0.4 is 10.6 Å². The smallest absolute Gasteiger partial charge is 0.328 e. The van der Waals surface area contributed by atoms with Gasteiger partial charge in [-0.15, -0.1) is 0 Å². The molecule has 1 rings (SSSR count). The van der Waals surface area contributed by atoms with Crippen molar-refractivity contribution in [2.75, 3.05) is 5.32 Å². The normalized spacial score (nSPS) is 10.8. The number of benzene rings is 1. The monoisotopic (exact) mass is 250 g/mol. The Balaban J connectivity index is 2.74. The molecule has 0 aliphatic rings. The molecule has 0 radical (unpaired) electrons. The van der Waals surface area contributed by atoms with Gasteiger partial charge in [0.1, 0.15) is 5.54 Å². The van der Waals surface area contributed by atoms with Gasteiger partial charge in [-0.3, -0.25) is 0 Å². The lowest BCUT2D eigenvalue weighted by Crippen LogP contribution is -2.51. The van der Waals surface area contributed by atoms with Gasteiger partial charge >= 0.3 is 12.0 Å². The lowest BCUT2D eigenvalue weighted by Gasteiger charge is -2.21. The molecule has 0 aliphatic carbocycles. The number of hydrogen-bond acceptors (Lipinski definition) is 2. The van der Waals surface area contributed by atoms with Crippen LogP contribution in [0.5, 0.6) is 0 Å². The molecule has 98 valence electrons. The second-order valence-corrected chi connectivity index (χ2v) is 4.52. The van der Waals surface area contributed by atoms with Gasteiger partial charge in [0.2, 0.25) is 0 Å². The third-order valence-corrected chi connectivity index (χ3v) is 2.61. The summed E-state index contributed by atoms with van der Waals surface area (Å²) in [4.78, 5) is 22.6. The Morgan fingerprint density at radius 1 is 1.28 bits per heavy atom. The Morgan fingerprint density at radius 2 is 1.89 bits per heavy atom. The van der Waals surface area contributed by atoms with Gasteiger partial charge in [-0.05, 0) is 31.9 Å². The maximum atomic E-state index is 11.7. The molecule has 0 aliphatic heterocycles. The van der Waals surface area contributed by atoms with E-state index in [9.17, 15) is 9.59 Å². The van der Waals surface area contributed by atoms with Crippen molar-refractivity contribution in [3.63, 3.8) is 0 Å². The minimum atomic E-state index is -1.30. The highest BCUT2D eigenvalue weighted by molar-refractivity contribution is 5.94. The minimum absolute atomic E-state index is 0.525. The van der Waals surface area contributed by atoms with Crippen LogP contribution in [0.4, 0.5) is 10.5 Å². The van der Waals surface area contributed by atoms with E-state index in [4.69, 9.17) is 5.11 Å². The molecule has 0 unspecified atom stereocenters. The fraction of sp³-hybridized carbons (Fsp3) is 0.385. The van der Waals surface area contributed by atoms with E-state index in [1.54, 1.807) is 6.07 Å². The van der Waals surface area contributed by atoms with Crippen LogP contribution in [0.2, 0.25) is 0 Å². The Morgan fingerprint density at radius 3 is 2.44 bits per heavy atom. The Kier molecular flexibility index (Phi) is 4.31. The number of para-hydroxylation sites is 1. The number of carboxylic acids is 1. The quantitative estimate of drug-likeness (QED) is 0.766. The van der Waals surface area contributed by atoms with Crippen LogP contribution in [0.3, 0.4) is 0 Å². The molecule has 0 saturated carbocycles. The molecule has 0 saturated heterocycles. The van der Waals surface area contributed by atoms with Crippen molar-refractivity contribution in [1.29, 1.82) is 0 Å². The van der Waals surface area contributed by atoms with Gasteiger partial charge < -0.3 is 15.7 Å².